The minimum Gasteiger partial charge on any atom is -0.368 e. The first-order valence-electron chi connectivity index (χ1n) is 7.34. The summed E-state index contributed by atoms with van der Waals surface area (Å²) >= 11 is 1.63. The fourth-order valence-corrected chi connectivity index (χ4v) is 3.21. The van der Waals surface area contributed by atoms with Crippen LogP contribution in [0.4, 0.5) is 0 Å². The van der Waals surface area contributed by atoms with E-state index in [0.29, 0.717) is 18.4 Å². The fourth-order valence-electron chi connectivity index (χ4n) is 2.80. The summed E-state index contributed by atoms with van der Waals surface area (Å²) in [5, 5.41) is 2.91. The number of carbonyl (C=O) groups excluding carboxylic acids is 2. The number of carbonyl (C=O) groups is 2. The highest BCUT2D eigenvalue weighted by atomic mass is 32.2. The molecule has 2 rings (SSSR count). The van der Waals surface area contributed by atoms with Crippen LogP contribution in [0.1, 0.15) is 48.9 Å². The van der Waals surface area contributed by atoms with Gasteiger partial charge in [-0.3, -0.25) is 9.59 Å². The summed E-state index contributed by atoms with van der Waals surface area (Å²) in [6, 6.07) is 7.38. The van der Waals surface area contributed by atoms with Crippen LogP contribution in [0.25, 0.3) is 0 Å². The molecule has 114 valence electrons. The molecule has 0 heterocycles. The van der Waals surface area contributed by atoms with Gasteiger partial charge in [-0.1, -0.05) is 25.7 Å². The van der Waals surface area contributed by atoms with Crippen molar-refractivity contribution in [3.05, 3.63) is 29.8 Å². The zero-order valence-corrected chi connectivity index (χ0v) is 13.2. The molecule has 5 heteroatoms. The molecule has 0 radical (unpaired) electrons. The first kappa shape index (κ1) is 15.9. The third kappa shape index (κ3) is 3.79. The Morgan fingerprint density at radius 2 is 1.67 bits per heavy atom. The minimum atomic E-state index is -0.883. The van der Waals surface area contributed by atoms with Crippen molar-refractivity contribution in [3.63, 3.8) is 0 Å². The number of nitrogens with one attached hydrogen (secondary N) is 1. The van der Waals surface area contributed by atoms with Gasteiger partial charge in [-0.15, -0.1) is 11.8 Å². The first-order valence-corrected chi connectivity index (χ1v) is 8.56. The fraction of sp³-hybridized carbons (Fsp3) is 0.500. The van der Waals surface area contributed by atoms with Crippen molar-refractivity contribution >= 4 is 23.6 Å². The van der Waals surface area contributed by atoms with Gasteiger partial charge in [0.25, 0.3) is 5.91 Å². The standard InChI is InChI=1S/C16H22N2O2S/c1-21-13-8-6-12(7-9-13)14(19)18-16(15(17)20)10-4-2-3-5-11-16/h6-9H,2-5,10-11H2,1H3,(H2,17,20)(H,18,19). The molecule has 3 N–H and O–H groups in total. The second-order valence-electron chi connectivity index (χ2n) is 5.54. The van der Waals surface area contributed by atoms with Crippen LogP contribution in [0.2, 0.25) is 0 Å². The molecule has 1 aliphatic carbocycles. The van der Waals surface area contributed by atoms with Gasteiger partial charge in [0.05, 0.1) is 0 Å². The summed E-state index contributed by atoms with van der Waals surface area (Å²) in [7, 11) is 0. The lowest BCUT2D eigenvalue weighted by atomic mass is 9.89. The largest absolute Gasteiger partial charge is 0.368 e. The Morgan fingerprint density at radius 3 is 2.14 bits per heavy atom. The molecule has 1 aromatic carbocycles. The molecule has 2 amide bonds. The summed E-state index contributed by atoms with van der Waals surface area (Å²) in [6.45, 7) is 0. The number of hydrogen-bond donors (Lipinski definition) is 2. The second kappa shape index (κ2) is 6.98. The average Bonchev–Trinajstić information content (AvgIpc) is 2.74. The Bertz CT molecular complexity index is 506. The van der Waals surface area contributed by atoms with E-state index in [-0.39, 0.29) is 5.91 Å². The maximum atomic E-state index is 12.4. The number of nitrogens with two attached hydrogens (primary N) is 1. The monoisotopic (exact) mass is 306 g/mol. The average molecular weight is 306 g/mol. The number of hydrogen-bond acceptors (Lipinski definition) is 3. The highest BCUT2D eigenvalue weighted by Crippen LogP contribution is 2.27. The molecule has 0 aromatic heterocycles. The van der Waals surface area contributed by atoms with E-state index < -0.39 is 11.4 Å². The molecular weight excluding hydrogens is 284 g/mol. The quantitative estimate of drug-likeness (QED) is 0.663. The highest BCUT2D eigenvalue weighted by Gasteiger charge is 2.38. The molecule has 0 bridgehead atoms. The molecule has 1 aliphatic rings. The molecule has 21 heavy (non-hydrogen) atoms. The van der Waals surface area contributed by atoms with E-state index in [4.69, 9.17) is 5.73 Å². The van der Waals surface area contributed by atoms with Gasteiger partial charge in [0.15, 0.2) is 0 Å². The van der Waals surface area contributed by atoms with Crippen molar-refractivity contribution in [2.24, 2.45) is 5.73 Å². The number of benzene rings is 1. The molecule has 0 saturated heterocycles. The lowest BCUT2D eigenvalue weighted by Gasteiger charge is -2.30. The SMILES string of the molecule is CSc1ccc(C(=O)NC2(C(N)=O)CCCCCC2)cc1. The lowest BCUT2D eigenvalue weighted by Crippen LogP contribution is -2.57. The zero-order valence-electron chi connectivity index (χ0n) is 12.4. The van der Waals surface area contributed by atoms with Crippen LogP contribution >= 0.6 is 11.8 Å². The van der Waals surface area contributed by atoms with E-state index >= 15 is 0 Å². The molecular formula is C16H22N2O2S. The molecule has 1 saturated carbocycles. The highest BCUT2D eigenvalue weighted by molar-refractivity contribution is 7.98. The number of rotatable bonds is 4. The van der Waals surface area contributed by atoms with E-state index in [9.17, 15) is 9.59 Å². The van der Waals surface area contributed by atoms with Crippen LogP contribution in [-0.2, 0) is 4.79 Å². The van der Waals surface area contributed by atoms with Gasteiger partial charge in [-0.05, 0) is 43.4 Å². The molecule has 0 atom stereocenters. The van der Waals surface area contributed by atoms with Crippen molar-refractivity contribution in [1.82, 2.24) is 5.32 Å². The Kier molecular flexibility index (Phi) is 5.28. The topological polar surface area (TPSA) is 72.2 Å². The summed E-state index contributed by atoms with van der Waals surface area (Å²) in [5.74, 6) is -0.637. The summed E-state index contributed by atoms with van der Waals surface area (Å²) < 4.78 is 0. The van der Waals surface area contributed by atoms with E-state index in [1.54, 1.807) is 23.9 Å². The Hall–Kier alpha value is -1.49. The van der Waals surface area contributed by atoms with Crippen molar-refractivity contribution in [1.29, 1.82) is 0 Å². The van der Waals surface area contributed by atoms with Gasteiger partial charge in [0.1, 0.15) is 5.54 Å². The van der Waals surface area contributed by atoms with E-state index in [1.165, 1.54) is 0 Å². The Balaban J connectivity index is 2.15. The molecule has 0 spiro atoms. The Labute approximate surface area is 129 Å². The van der Waals surface area contributed by atoms with Gasteiger partial charge in [-0.2, -0.15) is 0 Å². The normalized spacial score (nSPS) is 17.8. The van der Waals surface area contributed by atoms with Crippen LogP contribution in [0.15, 0.2) is 29.2 Å². The van der Waals surface area contributed by atoms with Crippen LogP contribution in [0, 0.1) is 0 Å². The van der Waals surface area contributed by atoms with Crippen LogP contribution in [0.3, 0.4) is 0 Å². The molecule has 0 aliphatic heterocycles. The summed E-state index contributed by atoms with van der Waals surface area (Å²) in [6.07, 6.45) is 7.29. The minimum absolute atomic E-state index is 0.219. The predicted molar refractivity (Wildman–Crippen MR) is 85.3 cm³/mol. The van der Waals surface area contributed by atoms with E-state index in [0.717, 1.165) is 30.6 Å². The molecule has 1 fully saturated rings. The number of amides is 2. The van der Waals surface area contributed by atoms with Gasteiger partial charge >= 0.3 is 0 Å². The summed E-state index contributed by atoms with van der Waals surface area (Å²) in [5.41, 5.74) is 5.27. The van der Waals surface area contributed by atoms with Crippen molar-refractivity contribution in [2.75, 3.05) is 6.26 Å². The number of primary amides is 1. The smallest absolute Gasteiger partial charge is 0.252 e. The third-order valence-electron chi connectivity index (χ3n) is 4.13. The maximum Gasteiger partial charge on any atom is 0.252 e. The van der Waals surface area contributed by atoms with Crippen molar-refractivity contribution < 1.29 is 9.59 Å². The van der Waals surface area contributed by atoms with Gasteiger partial charge < -0.3 is 11.1 Å². The van der Waals surface area contributed by atoms with Crippen LogP contribution in [-0.4, -0.2) is 23.6 Å². The molecule has 1 aromatic rings. The summed E-state index contributed by atoms with van der Waals surface area (Å²) in [4.78, 5) is 25.4. The van der Waals surface area contributed by atoms with E-state index in [2.05, 4.69) is 5.32 Å². The van der Waals surface area contributed by atoms with Crippen LogP contribution in [0.5, 0.6) is 0 Å². The zero-order chi connectivity index (χ0) is 15.3. The van der Waals surface area contributed by atoms with Crippen LogP contribution < -0.4 is 11.1 Å². The maximum absolute atomic E-state index is 12.4. The van der Waals surface area contributed by atoms with E-state index in [1.807, 2.05) is 18.4 Å². The van der Waals surface area contributed by atoms with Gasteiger partial charge in [-0.25, -0.2) is 0 Å². The molecule has 4 nitrogen and oxygen atoms in total. The first-order chi connectivity index (χ1) is 10.1. The Morgan fingerprint density at radius 1 is 1.10 bits per heavy atom. The molecule has 0 unspecified atom stereocenters. The third-order valence-corrected chi connectivity index (χ3v) is 4.88. The van der Waals surface area contributed by atoms with Gasteiger partial charge in [0, 0.05) is 10.5 Å². The lowest BCUT2D eigenvalue weighted by molar-refractivity contribution is -0.124. The van der Waals surface area contributed by atoms with Crippen molar-refractivity contribution in [3.8, 4) is 0 Å². The van der Waals surface area contributed by atoms with Gasteiger partial charge in [0.2, 0.25) is 5.91 Å². The van der Waals surface area contributed by atoms with Crippen molar-refractivity contribution in [2.45, 2.75) is 49.0 Å². The second-order valence-corrected chi connectivity index (χ2v) is 6.42. The number of thioether (sulfide) groups is 1. The predicted octanol–water partition coefficient (Wildman–Crippen LogP) is 2.72.